The average molecular weight is 376 g/mol. The molecule has 0 atom stereocenters. The minimum Gasteiger partial charge on any atom is -0.379 e. The molecule has 2 saturated heterocycles. The Balaban J connectivity index is 1.55. The molecule has 27 heavy (non-hydrogen) atoms. The molecule has 0 bridgehead atoms. The van der Waals surface area contributed by atoms with Crippen molar-refractivity contribution in [3.8, 4) is 0 Å². The van der Waals surface area contributed by atoms with Crippen molar-refractivity contribution in [2.75, 3.05) is 71.5 Å². The van der Waals surface area contributed by atoms with Crippen LogP contribution in [0.3, 0.4) is 0 Å². The van der Waals surface area contributed by atoms with Gasteiger partial charge in [-0.25, -0.2) is 4.98 Å². The van der Waals surface area contributed by atoms with Crippen molar-refractivity contribution in [3.63, 3.8) is 0 Å². The van der Waals surface area contributed by atoms with Crippen LogP contribution in [-0.4, -0.2) is 97.7 Å². The van der Waals surface area contributed by atoms with E-state index in [2.05, 4.69) is 45.9 Å². The van der Waals surface area contributed by atoms with Gasteiger partial charge in [-0.2, -0.15) is 0 Å². The monoisotopic (exact) mass is 375 g/mol. The summed E-state index contributed by atoms with van der Waals surface area (Å²) in [7, 11) is 4.12. The number of hydrogen-bond acceptors (Lipinski definition) is 6. The van der Waals surface area contributed by atoms with E-state index < -0.39 is 5.54 Å². The van der Waals surface area contributed by atoms with Crippen LogP contribution in [0.1, 0.15) is 19.4 Å². The van der Waals surface area contributed by atoms with Gasteiger partial charge in [-0.05, 0) is 39.6 Å². The number of pyridine rings is 1. The summed E-state index contributed by atoms with van der Waals surface area (Å²) >= 11 is 0. The lowest BCUT2D eigenvalue weighted by atomic mass is 9.99. The Bertz CT molecular complexity index is 618. The molecule has 3 rings (SSSR count). The van der Waals surface area contributed by atoms with Crippen LogP contribution < -0.4 is 4.90 Å². The van der Waals surface area contributed by atoms with Crippen LogP contribution in [0.15, 0.2) is 18.3 Å². The number of carbonyl (C=O) groups is 1. The maximum Gasteiger partial charge on any atom is 0.242 e. The van der Waals surface area contributed by atoms with Crippen molar-refractivity contribution in [3.05, 3.63) is 23.9 Å². The first-order valence-electron chi connectivity index (χ1n) is 9.85. The van der Waals surface area contributed by atoms with E-state index in [1.54, 1.807) is 0 Å². The van der Waals surface area contributed by atoms with Gasteiger partial charge in [-0.3, -0.25) is 9.69 Å². The molecule has 7 heteroatoms. The quantitative estimate of drug-likeness (QED) is 0.762. The minimum absolute atomic E-state index is 0.221. The van der Waals surface area contributed by atoms with E-state index >= 15 is 0 Å². The molecule has 1 amide bonds. The number of anilines is 1. The molecule has 1 aromatic heterocycles. The van der Waals surface area contributed by atoms with Crippen LogP contribution in [0.5, 0.6) is 0 Å². The summed E-state index contributed by atoms with van der Waals surface area (Å²) in [4.78, 5) is 26.4. The highest BCUT2D eigenvalue weighted by atomic mass is 16.5. The SMILES string of the molecule is CN(C)Cc1ccc(N2CCN(C(=O)C(C)(C)N3CCOCC3)CC2)nc1. The normalized spacial score (nSPS) is 19.6. The highest BCUT2D eigenvalue weighted by Gasteiger charge is 2.39. The second-order valence-electron chi connectivity index (χ2n) is 8.20. The third-order valence-corrected chi connectivity index (χ3v) is 5.52. The lowest BCUT2D eigenvalue weighted by molar-refractivity contribution is -0.145. The summed E-state index contributed by atoms with van der Waals surface area (Å²) in [6.07, 6.45) is 1.95. The standard InChI is InChI=1S/C20H33N5O2/c1-20(2,25-11-13-27-14-12-25)19(26)24-9-7-23(8-10-24)18-6-5-17(15-21-18)16-22(3)4/h5-6,15H,7-14,16H2,1-4H3. The van der Waals surface area contributed by atoms with Crippen LogP contribution in [-0.2, 0) is 16.1 Å². The van der Waals surface area contributed by atoms with Crippen molar-refractivity contribution in [2.24, 2.45) is 0 Å². The van der Waals surface area contributed by atoms with E-state index in [4.69, 9.17) is 4.74 Å². The molecule has 0 radical (unpaired) electrons. The molecule has 0 saturated carbocycles. The number of ether oxygens (including phenoxy) is 1. The van der Waals surface area contributed by atoms with Gasteiger partial charge in [0.2, 0.25) is 5.91 Å². The molecule has 0 spiro atoms. The van der Waals surface area contributed by atoms with Crippen LogP contribution in [0.2, 0.25) is 0 Å². The lowest BCUT2D eigenvalue weighted by Gasteiger charge is -2.44. The first-order valence-corrected chi connectivity index (χ1v) is 9.85. The van der Waals surface area contributed by atoms with Crippen LogP contribution >= 0.6 is 0 Å². The number of aromatic nitrogens is 1. The lowest BCUT2D eigenvalue weighted by Crippen LogP contribution is -2.61. The molecule has 0 N–H and O–H groups in total. The topological polar surface area (TPSA) is 52.2 Å². The van der Waals surface area contributed by atoms with Gasteiger partial charge in [0, 0.05) is 52.0 Å². The van der Waals surface area contributed by atoms with E-state index in [0.717, 1.165) is 51.6 Å². The summed E-state index contributed by atoms with van der Waals surface area (Å²) in [5.41, 5.74) is 0.739. The fraction of sp³-hybridized carbons (Fsp3) is 0.700. The Morgan fingerprint density at radius 2 is 1.78 bits per heavy atom. The Morgan fingerprint density at radius 3 is 2.33 bits per heavy atom. The number of piperazine rings is 1. The highest BCUT2D eigenvalue weighted by Crippen LogP contribution is 2.21. The van der Waals surface area contributed by atoms with Gasteiger partial charge in [-0.15, -0.1) is 0 Å². The largest absolute Gasteiger partial charge is 0.379 e. The summed E-state index contributed by atoms with van der Waals surface area (Å²) in [5.74, 6) is 1.22. The Kier molecular flexibility index (Phi) is 6.34. The molecule has 2 aliphatic heterocycles. The van der Waals surface area contributed by atoms with Crippen molar-refractivity contribution >= 4 is 11.7 Å². The van der Waals surface area contributed by atoms with Gasteiger partial charge >= 0.3 is 0 Å². The highest BCUT2D eigenvalue weighted by molar-refractivity contribution is 5.85. The van der Waals surface area contributed by atoms with E-state index in [0.29, 0.717) is 13.2 Å². The average Bonchev–Trinajstić information content (AvgIpc) is 2.68. The van der Waals surface area contributed by atoms with Crippen molar-refractivity contribution in [2.45, 2.75) is 25.9 Å². The predicted octanol–water partition coefficient (Wildman–Crippen LogP) is 0.903. The fourth-order valence-corrected chi connectivity index (χ4v) is 3.85. The van der Waals surface area contributed by atoms with Gasteiger partial charge in [0.1, 0.15) is 5.82 Å². The Hall–Kier alpha value is -1.70. The summed E-state index contributed by atoms with van der Waals surface area (Å²) in [5, 5.41) is 0. The molecule has 0 unspecified atom stereocenters. The molecular formula is C20H33N5O2. The fourth-order valence-electron chi connectivity index (χ4n) is 3.85. The van der Waals surface area contributed by atoms with Gasteiger partial charge in [0.25, 0.3) is 0 Å². The Morgan fingerprint density at radius 1 is 1.11 bits per heavy atom. The molecular weight excluding hydrogens is 342 g/mol. The van der Waals surface area contributed by atoms with Crippen LogP contribution in [0.4, 0.5) is 5.82 Å². The summed E-state index contributed by atoms with van der Waals surface area (Å²) in [6, 6.07) is 4.23. The molecule has 0 aromatic carbocycles. The van der Waals surface area contributed by atoms with Gasteiger partial charge < -0.3 is 19.4 Å². The Labute approximate surface area is 162 Å². The van der Waals surface area contributed by atoms with Gasteiger partial charge in [0.15, 0.2) is 0 Å². The number of hydrogen-bond donors (Lipinski definition) is 0. The van der Waals surface area contributed by atoms with Crippen LogP contribution in [0.25, 0.3) is 0 Å². The van der Waals surface area contributed by atoms with Crippen LogP contribution in [0, 0.1) is 0 Å². The molecule has 0 aliphatic carbocycles. The first-order chi connectivity index (χ1) is 12.9. The summed E-state index contributed by atoms with van der Waals surface area (Å²) in [6.45, 7) is 11.2. The maximum absolute atomic E-state index is 13.1. The smallest absolute Gasteiger partial charge is 0.242 e. The van der Waals surface area contributed by atoms with Gasteiger partial charge in [-0.1, -0.05) is 6.07 Å². The van der Waals surface area contributed by atoms with E-state index in [-0.39, 0.29) is 5.91 Å². The molecule has 150 valence electrons. The first kappa shape index (κ1) is 20.0. The van der Waals surface area contributed by atoms with Crippen molar-refractivity contribution in [1.82, 2.24) is 19.7 Å². The number of nitrogens with zero attached hydrogens (tertiary/aromatic N) is 5. The number of amides is 1. The second-order valence-corrected chi connectivity index (χ2v) is 8.20. The van der Waals surface area contributed by atoms with E-state index in [1.165, 1.54) is 5.56 Å². The maximum atomic E-state index is 13.1. The number of carbonyl (C=O) groups excluding carboxylic acids is 1. The predicted molar refractivity (Wildman–Crippen MR) is 107 cm³/mol. The van der Waals surface area contributed by atoms with Crippen molar-refractivity contribution < 1.29 is 9.53 Å². The minimum atomic E-state index is -0.474. The summed E-state index contributed by atoms with van der Waals surface area (Å²) < 4.78 is 5.43. The zero-order valence-electron chi connectivity index (χ0n) is 17.1. The zero-order chi connectivity index (χ0) is 19.4. The molecule has 7 nitrogen and oxygen atoms in total. The molecule has 2 fully saturated rings. The van der Waals surface area contributed by atoms with Gasteiger partial charge in [0.05, 0.1) is 18.8 Å². The zero-order valence-corrected chi connectivity index (χ0v) is 17.1. The molecule has 3 heterocycles. The second kappa shape index (κ2) is 8.54. The van der Waals surface area contributed by atoms with E-state index in [1.807, 2.05) is 24.9 Å². The number of rotatable bonds is 5. The third kappa shape index (κ3) is 4.78. The molecule has 2 aliphatic rings. The van der Waals surface area contributed by atoms with Crippen molar-refractivity contribution in [1.29, 1.82) is 0 Å². The number of morpholine rings is 1. The van der Waals surface area contributed by atoms with E-state index in [9.17, 15) is 4.79 Å². The third-order valence-electron chi connectivity index (χ3n) is 5.52. The molecule has 1 aromatic rings.